The van der Waals surface area contributed by atoms with Crippen LogP contribution in [0.25, 0.3) is 0 Å². The number of halogens is 1. The molecule has 1 aromatic rings. The van der Waals surface area contributed by atoms with Gasteiger partial charge in [-0.3, -0.25) is 9.59 Å². The smallest absolute Gasteiger partial charge is 0.243 e. The number of hydrogen-bond donors (Lipinski definition) is 2. The summed E-state index contributed by atoms with van der Waals surface area (Å²) in [7, 11) is -3.81. The Kier molecular flexibility index (Phi) is 7.13. The Morgan fingerprint density at radius 3 is 2.47 bits per heavy atom. The van der Waals surface area contributed by atoms with Crippen molar-refractivity contribution in [3.8, 4) is 0 Å². The van der Waals surface area contributed by atoms with Crippen LogP contribution in [-0.4, -0.2) is 49.7 Å². The lowest BCUT2D eigenvalue weighted by molar-refractivity contribution is -0.133. The second kappa shape index (κ2) is 9.43. The minimum absolute atomic E-state index is 0.00579. The molecule has 9 heteroatoms. The summed E-state index contributed by atoms with van der Waals surface area (Å²) in [6.07, 6.45) is 3.76. The first-order valence-electron chi connectivity index (χ1n) is 10.6. The number of amides is 2. The van der Waals surface area contributed by atoms with Crippen molar-refractivity contribution in [3.05, 3.63) is 30.1 Å². The third-order valence-electron chi connectivity index (χ3n) is 5.92. The Labute approximate surface area is 177 Å². The van der Waals surface area contributed by atoms with Gasteiger partial charge in [0.05, 0.1) is 10.8 Å². The summed E-state index contributed by atoms with van der Waals surface area (Å²) in [6, 6.07) is 4.25. The van der Waals surface area contributed by atoms with Crippen LogP contribution in [0, 0.1) is 17.7 Å². The maximum Gasteiger partial charge on any atom is 0.243 e. The first kappa shape index (κ1) is 22.7. The van der Waals surface area contributed by atoms with Gasteiger partial charge in [0.25, 0.3) is 0 Å². The van der Waals surface area contributed by atoms with E-state index in [1.54, 1.807) is 0 Å². The molecule has 1 aromatic carbocycles. The highest BCUT2D eigenvalue weighted by Crippen LogP contribution is 2.25. The van der Waals surface area contributed by atoms with Crippen molar-refractivity contribution < 1.29 is 22.4 Å². The number of rotatable bonds is 8. The van der Waals surface area contributed by atoms with Crippen molar-refractivity contribution in [2.45, 2.75) is 62.9 Å². The van der Waals surface area contributed by atoms with Gasteiger partial charge < -0.3 is 10.6 Å². The SMILES string of the molecule is CCC(C)[C@H](NC(=O)C1CCCN(S(=O)(=O)c2ccc(F)cc2)C1)C(=O)NC1CC1. The van der Waals surface area contributed by atoms with Gasteiger partial charge in [-0.25, -0.2) is 12.8 Å². The van der Waals surface area contributed by atoms with Crippen LogP contribution >= 0.6 is 0 Å². The number of carbonyl (C=O) groups excluding carboxylic acids is 2. The van der Waals surface area contributed by atoms with Crippen LogP contribution in [0.5, 0.6) is 0 Å². The number of carbonyl (C=O) groups is 2. The van der Waals surface area contributed by atoms with Crippen LogP contribution in [0.3, 0.4) is 0 Å². The van der Waals surface area contributed by atoms with Crippen LogP contribution in [0.4, 0.5) is 4.39 Å². The number of hydrogen-bond acceptors (Lipinski definition) is 4. The number of nitrogens with zero attached hydrogens (tertiary/aromatic N) is 1. The molecular formula is C21H30FN3O4S. The highest BCUT2D eigenvalue weighted by molar-refractivity contribution is 7.89. The zero-order chi connectivity index (χ0) is 21.9. The van der Waals surface area contributed by atoms with Gasteiger partial charge in [-0.05, 0) is 55.9 Å². The van der Waals surface area contributed by atoms with Gasteiger partial charge in [0, 0.05) is 19.1 Å². The normalized spacial score (nSPS) is 22.2. The Morgan fingerprint density at radius 2 is 1.87 bits per heavy atom. The van der Waals surface area contributed by atoms with E-state index in [2.05, 4.69) is 10.6 Å². The fourth-order valence-corrected chi connectivity index (χ4v) is 5.15. The molecule has 2 amide bonds. The number of piperidine rings is 1. The number of nitrogens with one attached hydrogen (secondary N) is 2. The van der Waals surface area contributed by atoms with E-state index in [0.717, 1.165) is 31.4 Å². The lowest BCUT2D eigenvalue weighted by Gasteiger charge is -2.32. The van der Waals surface area contributed by atoms with Gasteiger partial charge in [0.1, 0.15) is 11.9 Å². The van der Waals surface area contributed by atoms with Crippen LogP contribution < -0.4 is 10.6 Å². The molecule has 2 unspecified atom stereocenters. The average Bonchev–Trinajstić information content (AvgIpc) is 3.55. The molecule has 0 spiro atoms. The summed E-state index contributed by atoms with van der Waals surface area (Å²) in [5, 5.41) is 5.81. The van der Waals surface area contributed by atoms with E-state index in [0.29, 0.717) is 19.4 Å². The van der Waals surface area contributed by atoms with E-state index >= 15 is 0 Å². The molecule has 1 saturated heterocycles. The van der Waals surface area contributed by atoms with Crippen LogP contribution in [0.15, 0.2) is 29.2 Å². The predicted molar refractivity (Wildman–Crippen MR) is 110 cm³/mol. The largest absolute Gasteiger partial charge is 0.352 e. The summed E-state index contributed by atoms with van der Waals surface area (Å²) in [6.45, 7) is 4.24. The lowest BCUT2D eigenvalue weighted by atomic mass is 9.95. The first-order chi connectivity index (χ1) is 14.2. The molecule has 1 aliphatic heterocycles. The second-order valence-corrected chi connectivity index (χ2v) is 10.2. The van der Waals surface area contributed by atoms with Gasteiger partial charge in [-0.2, -0.15) is 4.31 Å². The summed E-state index contributed by atoms with van der Waals surface area (Å²) in [5.74, 6) is -1.55. The highest BCUT2D eigenvalue weighted by atomic mass is 32.2. The summed E-state index contributed by atoms with van der Waals surface area (Å²) in [5.41, 5.74) is 0. The molecule has 1 heterocycles. The maximum atomic E-state index is 13.2. The van der Waals surface area contributed by atoms with Gasteiger partial charge in [-0.1, -0.05) is 20.3 Å². The Hall–Kier alpha value is -2.00. The van der Waals surface area contributed by atoms with E-state index in [1.807, 2.05) is 13.8 Å². The molecule has 0 aromatic heterocycles. The molecule has 2 fully saturated rings. The minimum Gasteiger partial charge on any atom is -0.352 e. The van der Waals surface area contributed by atoms with Gasteiger partial charge in [0.15, 0.2) is 0 Å². The number of benzene rings is 1. The average molecular weight is 440 g/mol. The summed E-state index contributed by atoms with van der Waals surface area (Å²) in [4.78, 5) is 25.5. The zero-order valence-corrected chi connectivity index (χ0v) is 18.3. The molecule has 1 aliphatic carbocycles. The molecule has 1 saturated carbocycles. The van der Waals surface area contributed by atoms with Crippen molar-refractivity contribution >= 4 is 21.8 Å². The molecule has 7 nitrogen and oxygen atoms in total. The molecule has 2 aliphatic rings. The summed E-state index contributed by atoms with van der Waals surface area (Å²) >= 11 is 0. The fraction of sp³-hybridized carbons (Fsp3) is 0.619. The Balaban J connectivity index is 1.67. The highest BCUT2D eigenvalue weighted by Gasteiger charge is 2.36. The van der Waals surface area contributed by atoms with Crippen molar-refractivity contribution in [2.75, 3.05) is 13.1 Å². The fourth-order valence-electron chi connectivity index (χ4n) is 3.62. The minimum atomic E-state index is -3.81. The van der Waals surface area contributed by atoms with E-state index < -0.39 is 27.8 Å². The van der Waals surface area contributed by atoms with Crippen molar-refractivity contribution in [2.24, 2.45) is 11.8 Å². The molecule has 2 N–H and O–H groups in total. The lowest BCUT2D eigenvalue weighted by Crippen LogP contribution is -2.54. The van der Waals surface area contributed by atoms with E-state index in [4.69, 9.17) is 0 Å². The van der Waals surface area contributed by atoms with Crippen LogP contribution in [-0.2, 0) is 19.6 Å². The van der Waals surface area contributed by atoms with E-state index in [-0.39, 0.29) is 35.2 Å². The van der Waals surface area contributed by atoms with Gasteiger partial charge in [-0.15, -0.1) is 0 Å². The van der Waals surface area contributed by atoms with Gasteiger partial charge >= 0.3 is 0 Å². The molecule has 0 radical (unpaired) electrons. The van der Waals surface area contributed by atoms with Crippen LogP contribution in [0.2, 0.25) is 0 Å². The van der Waals surface area contributed by atoms with Crippen LogP contribution in [0.1, 0.15) is 46.0 Å². The molecule has 30 heavy (non-hydrogen) atoms. The molecular weight excluding hydrogens is 409 g/mol. The van der Waals surface area contributed by atoms with Crippen molar-refractivity contribution in [1.29, 1.82) is 0 Å². The second-order valence-electron chi connectivity index (χ2n) is 8.31. The predicted octanol–water partition coefficient (Wildman–Crippen LogP) is 2.04. The molecule has 3 rings (SSSR count). The monoisotopic (exact) mass is 439 g/mol. The molecule has 3 atom stereocenters. The molecule has 166 valence electrons. The quantitative estimate of drug-likeness (QED) is 0.648. The van der Waals surface area contributed by atoms with Crippen molar-refractivity contribution in [1.82, 2.24) is 14.9 Å². The first-order valence-corrected chi connectivity index (χ1v) is 12.0. The Bertz CT molecular complexity index is 871. The third-order valence-corrected chi connectivity index (χ3v) is 7.80. The van der Waals surface area contributed by atoms with E-state index in [1.165, 1.54) is 16.4 Å². The summed E-state index contributed by atoms with van der Waals surface area (Å²) < 4.78 is 40.2. The topological polar surface area (TPSA) is 95.6 Å². The third kappa shape index (κ3) is 5.37. The number of sulfonamides is 1. The standard InChI is InChI=1S/C21H30FN3O4S/c1-3-14(2)19(21(27)23-17-8-9-17)24-20(26)15-5-4-12-25(13-15)30(28,29)18-10-6-16(22)7-11-18/h6-7,10-11,14-15,17,19H,3-5,8-9,12-13H2,1-2H3,(H,23,27)(H,24,26)/t14?,15?,19-/m0/s1. The van der Waals surface area contributed by atoms with E-state index in [9.17, 15) is 22.4 Å². The Morgan fingerprint density at radius 1 is 1.20 bits per heavy atom. The zero-order valence-electron chi connectivity index (χ0n) is 17.4. The molecule has 0 bridgehead atoms. The van der Waals surface area contributed by atoms with Crippen molar-refractivity contribution in [3.63, 3.8) is 0 Å². The maximum absolute atomic E-state index is 13.2. The van der Waals surface area contributed by atoms with Gasteiger partial charge in [0.2, 0.25) is 21.8 Å².